The maximum absolute atomic E-state index is 11.5. The minimum Gasteiger partial charge on any atom is -0.383 e. The summed E-state index contributed by atoms with van der Waals surface area (Å²) < 4.78 is 23.0. The number of hydrogen-bond acceptors (Lipinski definition) is 5. The average molecular weight is 365 g/mol. The lowest BCUT2D eigenvalue weighted by atomic mass is 10.1. The van der Waals surface area contributed by atoms with Gasteiger partial charge in [0.1, 0.15) is 11.6 Å². The second-order valence-electron chi connectivity index (χ2n) is 5.83. The molecule has 2 aromatic carbocycles. The summed E-state index contributed by atoms with van der Waals surface area (Å²) in [7, 11) is -3.79. The SMILES string of the molecule is Nc1ncc(-c2ccccc2)cc1-c1nc2ccc(S(N)(=O)=O)cc2[nH]1. The van der Waals surface area contributed by atoms with Crippen LogP contribution in [0.5, 0.6) is 0 Å². The Morgan fingerprint density at radius 3 is 2.46 bits per heavy atom. The molecule has 0 spiro atoms. The molecule has 5 N–H and O–H groups in total. The topological polar surface area (TPSA) is 128 Å². The van der Waals surface area contributed by atoms with Crippen molar-refractivity contribution in [2.24, 2.45) is 5.14 Å². The predicted octanol–water partition coefficient (Wildman–Crippen LogP) is 2.52. The summed E-state index contributed by atoms with van der Waals surface area (Å²) in [6, 6.07) is 16.2. The van der Waals surface area contributed by atoms with Crippen LogP contribution in [0, 0.1) is 0 Å². The highest BCUT2D eigenvalue weighted by atomic mass is 32.2. The molecule has 0 aliphatic rings. The molecule has 7 nitrogen and oxygen atoms in total. The van der Waals surface area contributed by atoms with Gasteiger partial charge in [-0.3, -0.25) is 0 Å². The molecule has 2 heterocycles. The maximum atomic E-state index is 11.5. The van der Waals surface area contributed by atoms with Crippen molar-refractivity contribution in [1.29, 1.82) is 0 Å². The number of nitrogens with two attached hydrogens (primary N) is 2. The third-order valence-electron chi connectivity index (χ3n) is 4.06. The highest BCUT2D eigenvalue weighted by Crippen LogP contribution is 2.29. The molecule has 0 amide bonds. The van der Waals surface area contributed by atoms with Crippen molar-refractivity contribution in [1.82, 2.24) is 15.0 Å². The lowest BCUT2D eigenvalue weighted by molar-refractivity contribution is 0.598. The number of nitrogens with one attached hydrogen (secondary N) is 1. The molecule has 4 aromatic rings. The second-order valence-corrected chi connectivity index (χ2v) is 7.39. The summed E-state index contributed by atoms with van der Waals surface area (Å²) in [4.78, 5) is 11.9. The number of aromatic amines is 1. The fourth-order valence-corrected chi connectivity index (χ4v) is 3.29. The van der Waals surface area contributed by atoms with E-state index in [4.69, 9.17) is 10.9 Å². The minimum atomic E-state index is -3.79. The van der Waals surface area contributed by atoms with Gasteiger partial charge in [0.15, 0.2) is 0 Å². The van der Waals surface area contributed by atoms with E-state index < -0.39 is 10.0 Å². The van der Waals surface area contributed by atoms with Crippen molar-refractivity contribution in [3.05, 3.63) is 60.8 Å². The molecule has 2 aromatic heterocycles. The Kier molecular flexibility index (Phi) is 3.71. The van der Waals surface area contributed by atoms with Crippen LogP contribution in [0.2, 0.25) is 0 Å². The number of benzene rings is 2. The lowest BCUT2D eigenvalue weighted by Crippen LogP contribution is -2.11. The number of rotatable bonds is 3. The zero-order valence-corrected chi connectivity index (χ0v) is 14.4. The molecule has 26 heavy (non-hydrogen) atoms. The van der Waals surface area contributed by atoms with Crippen LogP contribution in [0.15, 0.2) is 65.7 Å². The van der Waals surface area contributed by atoms with E-state index in [0.717, 1.165) is 11.1 Å². The van der Waals surface area contributed by atoms with Gasteiger partial charge in [0.25, 0.3) is 0 Å². The summed E-state index contributed by atoms with van der Waals surface area (Å²) >= 11 is 0. The number of primary sulfonamides is 1. The third-order valence-corrected chi connectivity index (χ3v) is 4.97. The van der Waals surface area contributed by atoms with Crippen molar-refractivity contribution >= 4 is 26.9 Å². The van der Waals surface area contributed by atoms with Gasteiger partial charge in [0.05, 0.1) is 21.5 Å². The van der Waals surface area contributed by atoms with Gasteiger partial charge in [-0.05, 0) is 29.8 Å². The van der Waals surface area contributed by atoms with Crippen LogP contribution in [0.3, 0.4) is 0 Å². The van der Waals surface area contributed by atoms with Crippen LogP contribution in [0.25, 0.3) is 33.5 Å². The van der Waals surface area contributed by atoms with Crippen molar-refractivity contribution in [3.63, 3.8) is 0 Å². The fraction of sp³-hybridized carbons (Fsp3) is 0. The van der Waals surface area contributed by atoms with Gasteiger partial charge >= 0.3 is 0 Å². The van der Waals surface area contributed by atoms with Crippen molar-refractivity contribution in [2.75, 3.05) is 5.73 Å². The van der Waals surface area contributed by atoms with Crippen LogP contribution < -0.4 is 10.9 Å². The largest absolute Gasteiger partial charge is 0.383 e. The zero-order chi connectivity index (χ0) is 18.3. The summed E-state index contributed by atoms with van der Waals surface area (Å²) in [6.45, 7) is 0. The minimum absolute atomic E-state index is 0.0179. The molecule has 0 aliphatic carbocycles. The van der Waals surface area contributed by atoms with Gasteiger partial charge in [-0.2, -0.15) is 0 Å². The Morgan fingerprint density at radius 1 is 0.962 bits per heavy atom. The lowest BCUT2D eigenvalue weighted by Gasteiger charge is -2.06. The number of nitrogens with zero attached hydrogens (tertiary/aromatic N) is 2. The van der Waals surface area contributed by atoms with E-state index in [1.807, 2.05) is 36.4 Å². The molecule has 8 heteroatoms. The van der Waals surface area contributed by atoms with Crippen LogP contribution in [-0.2, 0) is 10.0 Å². The van der Waals surface area contributed by atoms with Gasteiger partial charge in [0, 0.05) is 11.8 Å². The van der Waals surface area contributed by atoms with E-state index in [9.17, 15) is 8.42 Å². The van der Waals surface area contributed by atoms with Crippen molar-refractivity contribution in [3.8, 4) is 22.5 Å². The van der Waals surface area contributed by atoms with Crippen LogP contribution in [0.4, 0.5) is 5.82 Å². The summed E-state index contributed by atoms with van der Waals surface area (Å²) in [5.74, 6) is 0.838. The molecule has 0 fully saturated rings. The van der Waals surface area contributed by atoms with Gasteiger partial charge in [-0.1, -0.05) is 30.3 Å². The molecule has 4 rings (SSSR count). The summed E-state index contributed by atoms with van der Waals surface area (Å²) in [5, 5.41) is 5.18. The fourth-order valence-electron chi connectivity index (χ4n) is 2.75. The van der Waals surface area contributed by atoms with Crippen LogP contribution in [-0.4, -0.2) is 23.4 Å². The van der Waals surface area contributed by atoms with Crippen molar-refractivity contribution < 1.29 is 8.42 Å². The number of aromatic nitrogens is 3. The molecular weight excluding hydrogens is 350 g/mol. The van der Waals surface area contributed by atoms with E-state index in [1.54, 1.807) is 12.3 Å². The average Bonchev–Trinajstić information content (AvgIpc) is 3.05. The number of pyridine rings is 1. The predicted molar refractivity (Wildman–Crippen MR) is 101 cm³/mol. The third kappa shape index (κ3) is 2.92. The Morgan fingerprint density at radius 2 is 1.73 bits per heavy atom. The molecule has 0 saturated heterocycles. The number of hydrogen-bond donors (Lipinski definition) is 3. The van der Waals surface area contributed by atoms with Crippen LogP contribution in [0.1, 0.15) is 0 Å². The first-order valence-electron chi connectivity index (χ1n) is 7.76. The first-order chi connectivity index (χ1) is 12.4. The number of anilines is 1. The van der Waals surface area contributed by atoms with Gasteiger partial charge in [0.2, 0.25) is 10.0 Å². The number of sulfonamides is 1. The molecule has 130 valence electrons. The summed E-state index contributed by atoms with van der Waals surface area (Å²) in [5.41, 5.74) is 9.74. The number of nitrogen functional groups attached to an aromatic ring is 1. The Bertz CT molecular complexity index is 1220. The molecule has 0 aliphatic heterocycles. The monoisotopic (exact) mass is 365 g/mol. The number of H-pyrrole nitrogens is 1. The molecule has 0 atom stereocenters. The standard InChI is InChI=1S/C18H15N5O2S/c19-17-14(8-12(10-21-17)11-4-2-1-3-5-11)18-22-15-7-6-13(26(20,24)25)9-16(15)23-18/h1-10H,(H2,19,21)(H,22,23)(H2,20,24,25). The maximum Gasteiger partial charge on any atom is 0.238 e. The van der Waals surface area contributed by atoms with E-state index in [2.05, 4.69) is 15.0 Å². The number of imidazole rings is 1. The molecular formula is C18H15N5O2S. The second kappa shape index (κ2) is 5.94. The van der Waals surface area contributed by atoms with Crippen LogP contribution >= 0.6 is 0 Å². The Labute approximate surface area is 149 Å². The van der Waals surface area contributed by atoms with E-state index in [-0.39, 0.29) is 4.90 Å². The van der Waals surface area contributed by atoms with Crippen molar-refractivity contribution in [2.45, 2.75) is 4.90 Å². The molecule has 0 radical (unpaired) electrons. The first-order valence-corrected chi connectivity index (χ1v) is 9.30. The van der Waals surface area contributed by atoms with Gasteiger partial charge in [-0.15, -0.1) is 0 Å². The quantitative estimate of drug-likeness (QED) is 0.514. The molecule has 0 saturated carbocycles. The summed E-state index contributed by atoms with van der Waals surface area (Å²) in [6.07, 6.45) is 1.70. The first kappa shape index (κ1) is 16.2. The number of fused-ring (bicyclic) bond motifs is 1. The van der Waals surface area contributed by atoms with E-state index in [0.29, 0.717) is 28.2 Å². The van der Waals surface area contributed by atoms with Gasteiger partial charge in [-0.25, -0.2) is 23.5 Å². The molecule has 0 bridgehead atoms. The van der Waals surface area contributed by atoms with E-state index >= 15 is 0 Å². The smallest absolute Gasteiger partial charge is 0.238 e. The highest BCUT2D eigenvalue weighted by Gasteiger charge is 2.14. The normalized spacial score (nSPS) is 11.7. The zero-order valence-electron chi connectivity index (χ0n) is 13.5. The van der Waals surface area contributed by atoms with Gasteiger partial charge < -0.3 is 10.7 Å². The Hall–Kier alpha value is -3.23. The van der Waals surface area contributed by atoms with E-state index in [1.165, 1.54) is 12.1 Å². The molecule has 0 unspecified atom stereocenters. The highest BCUT2D eigenvalue weighted by molar-refractivity contribution is 7.89. The Balaban J connectivity index is 1.85.